The predicted molar refractivity (Wildman–Crippen MR) is 65.2 cm³/mol. The van der Waals surface area contributed by atoms with Gasteiger partial charge in [0.15, 0.2) is 0 Å². The van der Waals surface area contributed by atoms with Crippen LogP contribution in [0.2, 0.25) is 0 Å². The zero-order chi connectivity index (χ0) is 11.2. The monoisotopic (exact) mass is 215 g/mol. The number of nitrogens with zero attached hydrogens (tertiary/aromatic N) is 1. The highest BCUT2D eigenvalue weighted by Crippen LogP contribution is 2.07. The summed E-state index contributed by atoms with van der Waals surface area (Å²) >= 11 is 0. The van der Waals surface area contributed by atoms with E-state index in [9.17, 15) is 0 Å². The van der Waals surface area contributed by atoms with Crippen molar-refractivity contribution in [1.29, 1.82) is 0 Å². The Morgan fingerprint density at radius 3 is 2.75 bits per heavy atom. The van der Waals surface area contributed by atoms with Crippen LogP contribution >= 0.6 is 0 Å². The van der Waals surface area contributed by atoms with Crippen molar-refractivity contribution >= 4 is 0 Å². The number of aromatic nitrogens is 2. The minimum Gasteiger partial charge on any atom is -0.346 e. The smallest absolute Gasteiger partial charge is 0.110 e. The third-order valence-corrected chi connectivity index (χ3v) is 2.55. The predicted octanol–water partition coefficient (Wildman–Crippen LogP) is 1.89. The van der Waals surface area contributed by atoms with Crippen LogP contribution in [0.4, 0.5) is 0 Å². The average molecular weight is 215 g/mol. The van der Waals surface area contributed by atoms with Crippen molar-refractivity contribution in [2.24, 2.45) is 5.73 Å². The molecule has 0 saturated heterocycles. The highest BCUT2D eigenvalue weighted by molar-refractivity contribution is 5.19. The highest BCUT2D eigenvalue weighted by atomic mass is 14.9. The Bertz CT molecular complexity index is 420. The van der Waals surface area contributed by atoms with Gasteiger partial charge in [0.25, 0.3) is 0 Å². The summed E-state index contributed by atoms with van der Waals surface area (Å²) in [6, 6.07) is 10.4. The molecule has 1 aromatic heterocycles. The number of hydrogen-bond acceptors (Lipinski definition) is 2. The molecule has 0 saturated carbocycles. The van der Waals surface area contributed by atoms with Gasteiger partial charge in [0.2, 0.25) is 0 Å². The molecule has 2 aromatic rings. The number of nitrogens with two attached hydrogens (primary N) is 1. The van der Waals surface area contributed by atoms with Crippen LogP contribution in [0.1, 0.15) is 23.5 Å². The van der Waals surface area contributed by atoms with E-state index < -0.39 is 0 Å². The third kappa shape index (κ3) is 2.94. The lowest BCUT2D eigenvalue weighted by Gasteiger charge is -1.97. The van der Waals surface area contributed by atoms with Crippen LogP contribution in [0.25, 0.3) is 0 Å². The lowest BCUT2D eigenvalue weighted by molar-refractivity contribution is 0.812. The Kier molecular flexibility index (Phi) is 3.72. The van der Waals surface area contributed by atoms with Crippen molar-refractivity contribution in [3.63, 3.8) is 0 Å². The largest absolute Gasteiger partial charge is 0.346 e. The summed E-state index contributed by atoms with van der Waals surface area (Å²) < 4.78 is 0. The van der Waals surface area contributed by atoms with E-state index in [4.69, 9.17) is 5.73 Å². The van der Waals surface area contributed by atoms with Gasteiger partial charge < -0.3 is 10.7 Å². The molecular weight excluding hydrogens is 198 g/mol. The Hall–Kier alpha value is -1.61. The maximum atomic E-state index is 5.47. The Balaban J connectivity index is 1.97. The number of H-pyrrole nitrogens is 1. The number of rotatable bonds is 5. The van der Waals surface area contributed by atoms with Gasteiger partial charge in [0.05, 0.1) is 0 Å². The van der Waals surface area contributed by atoms with Gasteiger partial charge in [-0.3, -0.25) is 0 Å². The standard InChI is InChI=1S/C13H17N3/c14-8-4-7-12-10-15-13(16-12)9-11-5-2-1-3-6-11/h1-3,5-6,10H,4,7-9,14H2,(H,15,16). The Morgan fingerprint density at radius 1 is 1.19 bits per heavy atom. The fourth-order valence-corrected chi connectivity index (χ4v) is 1.70. The minimum absolute atomic E-state index is 0.729. The van der Waals surface area contributed by atoms with Gasteiger partial charge in [-0.2, -0.15) is 0 Å². The van der Waals surface area contributed by atoms with Gasteiger partial charge in [-0.25, -0.2) is 4.98 Å². The maximum absolute atomic E-state index is 5.47. The molecule has 2 rings (SSSR count). The lowest BCUT2D eigenvalue weighted by Crippen LogP contribution is -2.00. The van der Waals surface area contributed by atoms with Crippen molar-refractivity contribution in [2.75, 3.05) is 6.54 Å². The molecule has 3 heteroatoms. The van der Waals surface area contributed by atoms with E-state index in [2.05, 4.69) is 22.1 Å². The molecule has 0 aliphatic heterocycles. The molecule has 0 fully saturated rings. The molecule has 0 atom stereocenters. The van der Waals surface area contributed by atoms with Crippen molar-refractivity contribution in [1.82, 2.24) is 9.97 Å². The molecule has 1 aromatic carbocycles. The van der Waals surface area contributed by atoms with Crippen LogP contribution in [0, 0.1) is 0 Å². The molecule has 0 unspecified atom stereocenters. The zero-order valence-electron chi connectivity index (χ0n) is 9.32. The number of hydrogen-bond donors (Lipinski definition) is 2. The molecule has 3 N–H and O–H groups in total. The van der Waals surface area contributed by atoms with Gasteiger partial charge in [0.1, 0.15) is 5.82 Å². The molecule has 0 aliphatic carbocycles. The molecule has 0 radical (unpaired) electrons. The van der Waals surface area contributed by atoms with E-state index in [1.807, 2.05) is 24.4 Å². The summed E-state index contributed by atoms with van der Waals surface area (Å²) in [5.74, 6) is 1.03. The fourth-order valence-electron chi connectivity index (χ4n) is 1.70. The summed E-state index contributed by atoms with van der Waals surface area (Å²) in [6.45, 7) is 0.729. The van der Waals surface area contributed by atoms with E-state index in [-0.39, 0.29) is 0 Å². The highest BCUT2D eigenvalue weighted by Gasteiger charge is 2.01. The van der Waals surface area contributed by atoms with Crippen molar-refractivity contribution in [3.8, 4) is 0 Å². The summed E-state index contributed by atoms with van der Waals surface area (Å²) in [4.78, 5) is 7.70. The molecule has 84 valence electrons. The van der Waals surface area contributed by atoms with Crippen LogP contribution in [0.3, 0.4) is 0 Å². The number of imidazole rings is 1. The number of benzene rings is 1. The molecular formula is C13H17N3. The molecule has 3 nitrogen and oxygen atoms in total. The van der Waals surface area contributed by atoms with Crippen LogP contribution in [0.15, 0.2) is 36.5 Å². The quantitative estimate of drug-likeness (QED) is 0.800. The molecule has 0 amide bonds. The summed E-state index contributed by atoms with van der Waals surface area (Å²) in [5.41, 5.74) is 7.93. The van der Waals surface area contributed by atoms with Gasteiger partial charge in [-0.05, 0) is 24.9 Å². The molecule has 0 aliphatic rings. The second-order valence-electron chi connectivity index (χ2n) is 3.91. The minimum atomic E-state index is 0.729. The lowest BCUT2D eigenvalue weighted by atomic mass is 10.1. The maximum Gasteiger partial charge on any atom is 0.110 e. The summed E-state index contributed by atoms with van der Waals surface area (Å²) in [6.07, 6.45) is 4.77. The molecule has 0 bridgehead atoms. The first-order valence-corrected chi connectivity index (χ1v) is 5.65. The zero-order valence-corrected chi connectivity index (χ0v) is 9.32. The van der Waals surface area contributed by atoms with Gasteiger partial charge in [-0.15, -0.1) is 0 Å². The number of nitrogens with one attached hydrogen (secondary N) is 1. The second kappa shape index (κ2) is 5.47. The van der Waals surface area contributed by atoms with Gasteiger partial charge in [-0.1, -0.05) is 30.3 Å². The first kappa shape index (κ1) is 10.9. The third-order valence-electron chi connectivity index (χ3n) is 2.55. The van der Waals surface area contributed by atoms with Crippen LogP contribution in [0.5, 0.6) is 0 Å². The molecule has 0 spiro atoms. The second-order valence-corrected chi connectivity index (χ2v) is 3.91. The number of aryl methyl sites for hydroxylation is 1. The first-order chi connectivity index (χ1) is 7.88. The topological polar surface area (TPSA) is 54.7 Å². The van der Waals surface area contributed by atoms with Gasteiger partial charge in [0, 0.05) is 18.3 Å². The average Bonchev–Trinajstić information content (AvgIpc) is 2.75. The van der Waals surface area contributed by atoms with Crippen molar-refractivity contribution in [2.45, 2.75) is 19.3 Å². The van der Waals surface area contributed by atoms with E-state index in [1.165, 1.54) is 11.3 Å². The molecule has 16 heavy (non-hydrogen) atoms. The van der Waals surface area contributed by atoms with E-state index >= 15 is 0 Å². The normalized spacial score (nSPS) is 10.6. The van der Waals surface area contributed by atoms with Crippen LogP contribution in [-0.2, 0) is 12.8 Å². The van der Waals surface area contributed by atoms with Crippen molar-refractivity contribution < 1.29 is 0 Å². The van der Waals surface area contributed by atoms with E-state index in [1.54, 1.807) is 0 Å². The SMILES string of the molecule is NCCCc1cnc(Cc2ccccc2)[nH]1. The Labute approximate surface area is 95.7 Å². The van der Waals surface area contributed by atoms with Gasteiger partial charge >= 0.3 is 0 Å². The number of aromatic amines is 1. The van der Waals surface area contributed by atoms with E-state index in [0.717, 1.165) is 31.6 Å². The van der Waals surface area contributed by atoms with Crippen LogP contribution < -0.4 is 5.73 Å². The summed E-state index contributed by atoms with van der Waals surface area (Å²) in [5, 5.41) is 0. The molecule has 1 heterocycles. The van der Waals surface area contributed by atoms with Crippen molar-refractivity contribution in [3.05, 3.63) is 53.6 Å². The first-order valence-electron chi connectivity index (χ1n) is 5.65. The Morgan fingerprint density at radius 2 is 2.00 bits per heavy atom. The van der Waals surface area contributed by atoms with Crippen LogP contribution in [-0.4, -0.2) is 16.5 Å². The summed E-state index contributed by atoms with van der Waals surface area (Å²) in [7, 11) is 0. The van der Waals surface area contributed by atoms with E-state index in [0.29, 0.717) is 0 Å². The fraction of sp³-hybridized carbons (Fsp3) is 0.308.